The van der Waals surface area contributed by atoms with Crippen molar-refractivity contribution in [2.24, 2.45) is 0 Å². The number of methoxy groups -OCH3 is 1. The van der Waals surface area contributed by atoms with Gasteiger partial charge in [0, 0.05) is 6.54 Å². The predicted molar refractivity (Wildman–Crippen MR) is 140 cm³/mol. The summed E-state index contributed by atoms with van der Waals surface area (Å²) in [6, 6.07) is 12.2. The van der Waals surface area contributed by atoms with Gasteiger partial charge in [0.05, 0.1) is 24.9 Å². The number of esters is 2. The van der Waals surface area contributed by atoms with Crippen LogP contribution in [-0.2, 0) is 30.2 Å². The quantitative estimate of drug-likeness (QED) is 0.230. The number of rotatable bonds is 12. The molecule has 2 rings (SSSR count). The summed E-state index contributed by atoms with van der Waals surface area (Å²) in [5, 5.41) is 3.04. The molecule has 0 saturated carbocycles. The van der Waals surface area contributed by atoms with Crippen LogP contribution in [0.3, 0.4) is 0 Å². The minimum atomic E-state index is -0.999. The van der Waals surface area contributed by atoms with Crippen molar-refractivity contribution in [3.63, 3.8) is 0 Å². The van der Waals surface area contributed by atoms with Gasteiger partial charge in [0.15, 0.2) is 11.5 Å². The maximum absolute atomic E-state index is 12.5. The predicted octanol–water partition coefficient (Wildman–Crippen LogP) is 4.45. The maximum Gasteiger partial charge on any atom is 0.514 e. The van der Waals surface area contributed by atoms with Crippen molar-refractivity contribution in [1.82, 2.24) is 5.32 Å². The van der Waals surface area contributed by atoms with E-state index in [0.717, 1.165) is 0 Å². The first-order valence-corrected chi connectivity index (χ1v) is 12.5. The highest BCUT2D eigenvalue weighted by atomic mass is 16.7. The molecule has 0 spiro atoms. The van der Waals surface area contributed by atoms with Gasteiger partial charge in [-0.3, -0.25) is 4.79 Å². The van der Waals surface area contributed by atoms with Crippen LogP contribution in [0.25, 0.3) is 0 Å². The lowest BCUT2D eigenvalue weighted by Crippen LogP contribution is -2.43. The molecule has 2 aromatic rings. The number of benzene rings is 2. The molecule has 1 unspecified atom stereocenters. The molecule has 0 aliphatic heterocycles. The molecule has 0 heterocycles. The maximum atomic E-state index is 12.5. The van der Waals surface area contributed by atoms with E-state index in [0.29, 0.717) is 11.1 Å². The average molecular weight is 546 g/mol. The lowest BCUT2D eigenvalue weighted by atomic mass is 10.0. The lowest BCUT2D eigenvalue weighted by Gasteiger charge is -2.20. The van der Waals surface area contributed by atoms with Gasteiger partial charge in [-0.2, -0.15) is 0 Å². The highest BCUT2D eigenvalue weighted by Gasteiger charge is 2.24. The molecule has 0 saturated heterocycles. The molecule has 1 N–H and O–H groups in total. The molecular weight excluding hydrogens is 510 g/mol. The smallest absolute Gasteiger partial charge is 0.468 e. The summed E-state index contributed by atoms with van der Waals surface area (Å²) in [7, 11) is 1.25. The third-order valence-electron chi connectivity index (χ3n) is 4.95. The van der Waals surface area contributed by atoms with Gasteiger partial charge in [-0.05, 0) is 70.9 Å². The molecule has 0 aromatic heterocycles. The molecule has 39 heavy (non-hydrogen) atoms. The van der Waals surface area contributed by atoms with Crippen molar-refractivity contribution >= 4 is 24.2 Å². The van der Waals surface area contributed by atoms with Gasteiger partial charge in [0.2, 0.25) is 0 Å². The normalized spacial score (nSPS) is 12.3. The van der Waals surface area contributed by atoms with Gasteiger partial charge in [-0.15, -0.1) is 0 Å². The number of carbonyl (C=O) groups is 4. The van der Waals surface area contributed by atoms with Crippen molar-refractivity contribution in [2.45, 2.75) is 65.4 Å². The number of hydrogen-bond donors (Lipinski definition) is 1. The first kappa shape index (κ1) is 31.1. The standard InChI is InChI=1S/C28H35NO10/c1-17(2)35-27(32)38-23-13-12-20(15-24(23)39-28(33)36-18(3)4)14-22(26(31)34-6)29-16-19(5)37-25(30)21-10-8-7-9-11-21/h7-13,15,17-19,22,29H,14,16H2,1-6H3/t19?,22-/m0/s1. The van der Waals surface area contributed by atoms with Gasteiger partial charge in [0.25, 0.3) is 0 Å². The van der Waals surface area contributed by atoms with E-state index in [9.17, 15) is 19.2 Å². The van der Waals surface area contributed by atoms with Gasteiger partial charge >= 0.3 is 24.2 Å². The lowest BCUT2D eigenvalue weighted by molar-refractivity contribution is -0.143. The largest absolute Gasteiger partial charge is 0.514 e. The molecule has 212 valence electrons. The Bertz CT molecular complexity index is 1120. The Labute approximate surface area is 227 Å². The minimum absolute atomic E-state index is 0.0749. The number of nitrogens with one attached hydrogen (secondary N) is 1. The second-order valence-electron chi connectivity index (χ2n) is 9.09. The zero-order valence-corrected chi connectivity index (χ0v) is 22.9. The Morgan fingerprint density at radius 2 is 1.36 bits per heavy atom. The average Bonchev–Trinajstić information content (AvgIpc) is 2.87. The fourth-order valence-corrected chi connectivity index (χ4v) is 3.25. The molecule has 0 radical (unpaired) electrons. The van der Waals surface area contributed by atoms with Crippen LogP contribution in [-0.4, -0.2) is 62.3 Å². The first-order chi connectivity index (χ1) is 18.5. The van der Waals surface area contributed by atoms with E-state index < -0.39 is 48.6 Å². The molecule has 0 aliphatic rings. The Hall–Kier alpha value is -4.12. The van der Waals surface area contributed by atoms with Crippen molar-refractivity contribution in [2.75, 3.05) is 13.7 Å². The highest BCUT2D eigenvalue weighted by Crippen LogP contribution is 2.30. The zero-order valence-electron chi connectivity index (χ0n) is 22.9. The van der Waals surface area contributed by atoms with E-state index in [2.05, 4.69) is 5.32 Å². The molecule has 0 bridgehead atoms. The van der Waals surface area contributed by atoms with Crippen molar-refractivity contribution in [3.05, 3.63) is 59.7 Å². The zero-order chi connectivity index (χ0) is 28.9. The SMILES string of the molecule is COC(=O)[C@H](Cc1ccc(OC(=O)OC(C)C)c(OC(=O)OC(C)C)c1)NCC(C)OC(=O)c1ccccc1. The van der Waals surface area contributed by atoms with E-state index in [-0.39, 0.29) is 24.5 Å². The third kappa shape index (κ3) is 11.0. The molecule has 11 nitrogen and oxygen atoms in total. The molecule has 0 aliphatic carbocycles. The van der Waals surface area contributed by atoms with Gasteiger partial charge in [-0.25, -0.2) is 14.4 Å². The molecule has 2 aromatic carbocycles. The second-order valence-corrected chi connectivity index (χ2v) is 9.09. The van der Waals surface area contributed by atoms with E-state index in [1.54, 1.807) is 71.0 Å². The van der Waals surface area contributed by atoms with Crippen LogP contribution < -0.4 is 14.8 Å². The highest BCUT2D eigenvalue weighted by molar-refractivity contribution is 5.89. The summed E-state index contributed by atoms with van der Waals surface area (Å²) in [5.74, 6) is -1.22. The molecule has 0 amide bonds. The number of hydrogen-bond acceptors (Lipinski definition) is 11. The van der Waals surface area contributed by atoms with E-state index >= 15 is 0 Å². The van der Waals surface area contributed by atoms with Gasteiger partial charge < -0.3 is 33.7 Å². The number of carbonyl (C=O) groups excluding carboxylic acids is 4. The Morgan fingerprint density at radius 3 is 1.92 bits per heavy atom. The Balaban J connectivity index is 2.15. The van der Waals surface area contributed by atoms with Crippen molar-refractivity contribution in [3.8, 4) is 11.5 Å². The summed E-state index contributed by atoms with van der Waals surface area (Å²) >= 11 is 0. The molecular formula is C28H35NO10. The second kappa shape index (κ2) is 15.3. The van der Waals surface area contributed by atoms with Crippen LogP contribution in [0, 0.1) is 0 Å². The summed E-state index contributed by atoms with van der Waals surface area (Å²) in [6.45, 7) is 8.47. The molecule has 2 atom stereocenters. The summed E-state index contributed by atoms with van der Waals surface area (Å²) in [4.78, 5) is 49.0. The summed E-state index contributed by atoms with van der Waals surface area (Å²) in [5.41, 5.74) is 0.959. The van der Waals surface area contributed by atoms with Gasteiger partial charge in [0.1, 0.15) is 12.1 Å². The van der Waals surface area contributed by atoms with Crippen LogP contribution >= 0.6 is 0 Å². The fraction of sp³-hybridized carbons (Fsp3) is 0.429. The third-order valence-corrected chi connectivity index (χ3v) is 4.95. The van der Waals surface area contributed by atoms with Crippen molar-refractivity contribution < 1.29 is 47.6 Å². The Kier molecular flexibility index (Phi) is 12.2. The number of ether oxygens (including phenoxy) is 6. The van der Waals surface area contributed by atoms with Crippen LogP contribution in [0.2, 0.25) is 0 Å². The summed E-state index contributed by atoms with van der Waals surface area (Å²) in [6.07, 6.45) is -3.29. The summed E-state index contributed by atoms with van der Waals surface area (Å²) < 4.78 is 30.8. The van der Waals surface area contributed by atoms with Crippen molar-refractivity contribution in [1.29, 1.82) is 0 Å². The Morgan fingerprint density at radius 1 is 0.769 bits per heavy atom. The van der Waals surface area contributed by atoms with E-state index in [1.807, 2.05) is 0 Å². The van der Waals surface area contributed by atoms with E-state index in [1.165, 1.54) is 19.2 Å². The molecule has 11 heteroatoms. The van der Waals surface area contributed by atoms with Crippen LogP contribution in [0.15, 0.2) is 48.5 Å². The van der Waals surface area contributed by atoms with Crippen LogP contribution in [0.5, 0.6) is 11.5 Å². The first-order valence-electron chi connectivity index (χ1n) is 12.5. The minimum Gasteiger partial charge on any atom is -0.468 e. The van der Waals surface area contributed by atoms with Crippen LogP contribution in [0.4, 0.5) is 9.59 Å². The fourth-order valence-electron chi connectivity index (χ4n) is 3.25. The van der Waals surface area contributed by atoms with Crippen LogP contribution in [0.1, 0.15) is 50.5 Å². The molecule has 0 fully saturated rings. The topological polar surface area (TPSA) is 136 Å². The monoisotopic (exact) mass is 545 g/mol. The van der Waals surface area contributed by atoms with E-state index in [4.69, 9.17) is 28.4 Å². The van der Waals surface area contributed by atoms with Gasteiger partial charge in [-0.1, -0.05) is 24.3 Å².